The number of carbonyl (C=O) groups excluding carboxylic acids is 1. The summed E-state index contributed by atoms with van der Waals surface area (Å²) >= 11 is 0. The summed E-state index contributed by atoms with van der Waals surface area (Å²) in [5, 5.41) is 2.69. The maximum Gasteiger partial charge on any atom is 0.227 e. The fourth-order valence-electron chi connectivity index (χ4n) is 3.35. The lowest BCUT2D eigenvalue weighted by Gasteiger charge is -2.21. The van der Waals surface area contributed by atoms with Crippen LogP contribution in [0.3, 0.4) is 0 Å². The number of nitrogens with zero attached hydrogens (tertiary/aromatic N) is 2. The topological polar surface area (TPSA) is 46.4 Å². The largest absolute Gasteiger partial charge is 0.326 e. The molecule has 1 aliphatic carbocycles. The van der Waals surface area contributed by atoms with E-state index in [1.54, 1.807) is 0 Å². The monoisotopic (exact) mass is 341 g/mol. The van der Waals surface area contributed by atoms with Gasteiger partial charge in [-0.05, 0) is 43.5 Å². The molecule has 1 atom stereocenters. The molecule has 2 aromatic heterocycles. The van der Waals surface area contributed by atoms with E-state index in [1.807, 2.05) is 29.7 Å². The molecular weight excluding hydrogens is 324 g/mol. The maximum atomic E-state index is 13.3. The molecule has 0 saturated heterocycles. The molecule has 0 saturated carbocycles. The molecule has 1 aliphatic rings. The lowest BCUT2D eigenvalue weighted by molar-refractivity contribution is -0.120. The van der Waals surface area contributed by atoms with Gasteiger partial charge in [0.2, 0.25) is 5.91 Å². The second-order valence-corrected chi connectivity index (χ2v) is 6.50. The summed E-state index contributed by atoms with van der Waals surface area (Å²) in [4.78, 5) is 17.2. The van der Waals surface area contributed by atoms with E-state index in [4.69, 9.17) is 0 Å². The van der Waals surface area contributed by atoms with E-state index < -0.39 is 11.6 Å². The zero-order valence-corrected chi connectivity index (χ0v) is 13.7. The molecule has 3 aromatic rings. The number of anilines is 1. The van der Waals surface area contributed by atoms with Gasteiger partial charge in [0.05, 0.1) is 5.69 Å². The molecule has 0 fully saturated rings. The smallest absolute Gasteiger partial charge is 0.227 e. The van der Waals surface area contributed by atoms with E-state index in [1.165, 1.54) is 6.07 Å². The molecule has 128 valence electrons. The van der Waals surface area contributed by atoms with E-state index in [0.717, 1.165) is 41.2 Å². The van der Waals surface area contributed by atoms with Crippen LogP contribution in [-0.2, 0) is 17.6 Å². The Balaban J connectivity index is 1.57. The Labute approximate surface area is 143 Å². The SMILES string of the molecule is Cc1ccc2nc3c(n2c1)CC(C(=O)Nc1ccc(F)c(F)c1)CC3. The van der Waals surface area contributed by atoms with Gasteiger partial charge in [0, 0.05) is 36.0 Å². The Kier molecular flexibility index (Phi) is 3.75. The molecule has 1 unspecified atom stereocenters. The molecular formula is C19H17F2N3O. The minimum atomic E-state index is -0.971. The quantitative estimate of drug-likeness (QED) is 0.773. The van der Waals surface area contributed by atoms with Gasteiger partial charge >= 0.3 is 0 Å². The highest BCUT2D eigenvalue weighted by molar-refractivity contribution is 5.92. The van der Waals surface area contributed by atoms with Crippen molar-refractivity contribution in [1.29, 1.82) is 0 Å². The third-order valence-electron chi connectivity index (χ3n) is 4.68. The van der Waals surface area contributed by atoms with Gasteiger partial charge < -0.3 is 9.72 Å². The fraction of sp³-hybridized carbons (Fsp3) is 0.263. The molecule has 4 rings (SSSR count). The second kappa shape index (κ2) is 5.95. The van der Waals surface area contributed by atoms with Crippen molar-refractivity contribution >= 4 is 17.2 Å². The third-order valence-corrected chi connectivity index (χ3v) is 4.68. The van der Waals surface area contributed by atoms with Crippen molar-refractivity contribution < 1.29 is 13.6 Å². The van der Waals surface area contributed by atoms with E-state index in [0.29, 0.717) is 12.8 Å². The molecule has 1 aromatic carbocycles. The number of fused-ring (bicyclic) bond motifs is 3. The minimum absolute atomic E-state index is 0.181. The number of imidazole rings is 1. The number of halogens is 2. The van der Waals surface area contributed by atoms with Gasteiger partial charge in [-0.25, -0.2) is 13.8 Å². The second-order valence-electron chi connectivity index (χ2n) is 6.50. The molecule has 0 bridgehead atoms. The number of hydrogen-bond acceptors (Lipinski definition) is 2. The minimum Gasteiger partial charge on any atom is -0.326 e. The average Bonchev–Trinajstić information content (AvgIpc) is 2.95. The first-order valence-electron chi connectivity index (χ1n) is 8.23. The van der Waals surface area contributed by atoms with Crippen molar-refractivity contribution in [2.75, 3.05) is 5.32 Å². The van der Waals surface area contributed by atoms with Crippen LogP contribution in [-0.4, -0.2) is 15.3 Å². The molecule has 0 radical (unpaired) electrons. The predicted molar refractivity (Wildman–Crippen MR) is 90.4 cm³/mol. The van der Waals surface area contributed by atoms with Crippen LogP contribution in [0.25, 0.3) is 5.65 Å². The van der Waals surface area contributed by atoms with E-state index in [9.17, 15) is 13.6 Å². The van der Waals surface area contributed by atoms with Crippen LogP contribution in [0, 0.1) is 24.5 Å². The number of aryl methyl sites for hydroxylation is 2. The highest BCUT2D eigenvalue weighted by Gasteiger charge is 2.28. The number of amides is 1. The van der Waals surface area contributed by atoms with Crippen LogP contribution in [0.15, 0.2) is 36.5 Å². The highest BCUT2D eigenvalue weighted by Crippen LogP contribution is 2.28. The first-order valence-corrected chi connectivity index (χ1v) is 8.23. The molecule has 4 nitrogen and oxygen atoms in total. The summed E-state index contributed by atoms with van der Waals surface area (Å²) in [5.74, 6) is -2.30. The molecule has 1 amide bonds. The fourth-order valence-corrected chi connectivity index (χ4v) is 3.35. The molecule has 6 heteroatoms. The Hall–Kier alpha value is -2.76. The first-order chi connectivity index (χ1) is 12.0. The predicted octanol–water partition coefficient (Wildman–Crippen LogP) is 3.66. The van der Waals surface area contributed by atoms with Gasteiger partial charge in [-0.1, -0.05) is 6.07 Å². The van der Waals surface area contributed by atoms with Crippen LogP contribution < -0.4 is 5.32 Å². The van der Waals surface area contributed by atoms with Crippen molar-refractivity contribution in [3.05, 3.63) is 65.1 Å². The number of pyridine rings is 1. The van der Waals surface area contributed by atoms with Crippen LogP contribution in [0.1, 0.15) is 23.4 Å². The molecule has 0 aliphatic heterocycles. The van der Waals surface area contributed by atoms with E-state index in [2.05, 4.69) is 10.3 Å². The van der Waals surface area contributed by atoms with Gasteiger partial charge in [-0.2, -0.15) is 0 Å². The Morgan fingerprint density at radius 2 is 2.08 bits per heavy atom. The average molecular weight is 341 g/mol. The molecule has 2 heterocycles. The van der Waals surface area contributed by atoms with Gasteiger partial charge in [0.25, 0.3) is 0 Å². The van der Waals surface area contributed by atoms with Gasteiger partial charge in [0.1, 0.15) is 5.65 Å². The highest BCUT2D eigenvalue weighted by atomic mass is 19.2. The molecule has 1 N–H and O–H groups in total. The third kappa shape index (κ3) is 2.88. The first kappa shape index (κ1) is 15.7. The molecule has 25 heavy (non-hydrogen) atoms. The lowest BCUT2D eigenvalue weighted by Crippen LogP contribution is -2.28. The van der Waals surface area contributed by atoms with Gasteiger partial charge in [-0.15, -0.1) is 0 Å². The van der Waals surface area contributed by atoms with Crippen LogP contribution in [0.2, 0.25) is 0 Å². The standard InChI is InChI=1S/C19H17F2N3O/c1-11-2-7-18-23-16-6-3-12(8-17(16)24(18)10-11)19(25)22-13-4-5-14(20)15(21)9-13/h2,4-5,7,9-10,12H,3,6,8H2,1H3,(H,22,25). The van der Waals surface area contributed by atoms with Crippen molar-refractivity contribution in [1.82, 2.24) is 9.38 Å². The number of hydrogen-bond donors (Lipinski definition) is 1. The van der Waals surface area contributed by atoms with Crippen molar-refractivity contribution in [3.63, 3.8) is 0 Å². The number of nitrogens with one attached hydrogen (secondary N) is 1. The summed E-state index contributed by atoms with van der Waals surface area (Å²) in [7, 11) is 0. The van der Waals surface area contributed by atoms with Crippen LogP contribution in [0.4, 0.5) is 14.5 Å². The van der Waals surface area contributed by atoms with E-state index >= 15 is 0 Å². The summed E-state index contributed by atoms with van der Waals surface area (Å²) in [6.07, 6.45) is 4.02. The van der Waals surface area contributed by atoms with Crippen molar-refractivity contribution in [3.8, 4) is 0 Å². The van der Waals surface area contributed by atoms with Crippen molar-refractivity contribution in [2.45, 2.75) is 26.2 Å². The Bertz CT molecular complexity index is 980. The van der Waals surface area contributed by atoms with Crippen LogP contribution in [0.5, 0.6) is 0 Å². The Morgan fingerprint density at radius 1 is 1.24 bits per heavy atom. The lowest BCUT2D eigenvalue weighted by atomic mass is 9.89. The summed E-state index contributed by atoms with van der Waals surface area (Å²) in [5.41, 5.74) is 4.36. The maximum absolute atomic E-state index is 13.3. The van der Waals surface area contributed by atoms with Crippen LogP contribution >= 0.6 is 0 Å². The summed E-state index contributed by atoms with van der Waals surface area (Å²) < 4.78 is 28.3. The zero-order chi connectivity index (χ0) is 17.6. The normalized spacial score (nSPS) is 16.7. The van der Waals surface area contributed by atoms with Gasteiger partial charge in [-0.3, -0.25) is 4.79 Å². The summed E-state index contributed by atoms with van der Waals surface area (Å²) in [6, 6.07) is 7.36. The Morgan fingerprint density at radius 3 is 2.88 bits per heavy atom. The molecule has 0 spiro atoms. The van der Waals surface area contributed by atoms with Gasteiger partial charge in [0.15, 0.2) is 11.6 Å². The zero-order valence-electron chi connectivity index (χ0n) is 13.7. The number of aromatic nitrogens is 2. The number of carbonyl (C=O) groups is 1. The van der Waals surface area contributed by atoms with Crippen molar-refractivity contribution in [2.24, 2.45) is 5.92 Å². The van der Waals surface area contributed by atoms with E-state index in [-0.39, 0.29) is 17.5 Å². The number of rotatable bonds is 2. The summed E-state index contributed by atoms with van der Waals surface area (Å²) in [6.45, 7) is 2.02. The number of benzene rings is 1.